The Bertz CT molecular complexity index is 830. The molecule has 1 heterocycles. The van der Waals surface area contributed by atoms with Crippen LogP contribution in [0, 0.1) is 0 Å². The highest BCUT2D eigenvalue weighted by molar-refractivity contribution is 6.32. The van der Waals surface area contributed by atoms with Crippen molar-refractivity contribution < 1.29 is 9.47 Å². The number of anilines is 1. The molecule has 0 amide bonds. The molecule has 0 bridgehead atoms. The van der Waals surface area contributed by atoms with Gasteiger partial charge in [0.05, 0.1) is 17.6 Å². The largest absolute Gasteiger partial charge is 0.495 e. The van der Waals surface area contributed by atoms with Gasteiger partial charge in [-0.2, -0.15) is 5.10 Å². The van der Waals surface area contributed by atoms with E-state index in [1.54, 1.807) is 11.8 Å². The normalized spacial score (nSPS) is 10.9. The Labute approximate surface area is 133 Å². The third-order valence-corrected chi connectivity index (χ3v) is 3.77. The predicted molar refractivity (Wildman–Crippen MR) is 87.5 cm³/mol. The number of aromatic nitrogens is 2. The quantitative estimate of drug-likeness (QED) is 0.801. The SMILES string of the molecule is COc1ccc(COc2ccc3c(N)nn(C)c3c2)cc1Cl. The van der Waals surface area contributed by atoms with E-state index in [9.17, 15) is 0 Å². The monoisotopic (exact) mass is 317 g/mol. The molecular weight excluding hydrogens is 302 g/mol. The van der Waals surface area contributed by atoms with E-state index < -0.39 is 0 Å². The van der Waals surface area contributed by atoms with Gasteiger partial charge in [-0.25, -0.2) is 0 Å². The minimum Gasteiger partial charge on any atom is -0.495 e. The van der Waals surface area contributed by atoms with Crippen LogP contribution < -0.4 is 15.2 Å². The number of nitrogens with two attached hydrogens (primary N) is 1. The number of nitrogen functional groups attached to an aromatic ring is 1. The van der Waals surface area contributed by atoms with Gasteiger partial charge in [0.2, 0.25) is 0 Å². The fourth-order valence-electron chi connectivity index (χ4n) is 2.32. The third-order valence-electron chi connectivity index (χ3n) is 3.47. The number of nitrogens with zero attached hydrogens (tertiary/aromatic N) is 2. The number of aryl methyl sites for hydroxylation is 1. The Morgan fingerprint density at radius 2 is 2.05 bits per heavy atom. The van der Waals surface area contributed by atoms with Gasteiger partial charge < -0.3 is 15.2 Å². The molecule has 0 saturated carbocycles. The van der Waals surface area contributed by atoms with Gasteiger partial charge in [-0.15, -0.1) is 0 Å². The van der Waals surface area contributed by atoms with Crippen LogP contribution in [0.4, 0.5) is 5.82 Å². The van der Waals surface area contributed by atoms with E-state index in [-0.39, 0.29) is 0 Å². The van der Waals surface area contributed by atoms with E-state index in [4.69, 9.17) is 26.8 Å². The molecule has 0 radical (unpaired) electrons. The number of benzene rings is 2. The summed E-state index contributed by atoms with van der Waals surface area (Å²) in [5, 5.41) is 5.67. The van der Waals surface area contributed by atoms with Crippen molar-refractivity contribution in [3.63, 3.8) is 0 Å². The summed E-state index contributed by atoms with van der Waals surface area (Å²) in [6, 6.07) is 11.3. The first-order valence-electron chi connectivity index (χ1n) is 6.76. The lowest BCUT2D eigenvalue weighted by Gasteiger charge is -2.09. The van der Waals surface area contributed by atoms with E-state index in [2.05, 4.69) is 5.10 Å². The molecule has 5 nitrogen and oxygen atoms in total. The second-order valence-electron chi connectivity index (χ2n) is 4.95. The molecule has 2 aromatic carbocycles. The zero-order valence-electron chi connectivity index (χ0n) is 12.3. The summed E-state index contributed by atoms with van der Waals surface area (Å²) in [5.41, 5.74) is 7.74. The number of methoxy groups -OCH3 is 1. The van der Waals surface area contributed by atoms with Gasteiger partial charge in [0.25, 0.3) is 0 Å². The standard InChI is InChI=1S/C16H16ClN3O2/c1-20-14-8-11(4-5-12(14)16(18)19-20)22-9-10-3-6-15(21-2)13(17)7-10/h3-8H,9H2,1-2H3,(H2,18,19). The van der Waals surface area contributed by atoms with Crippen molar-refractivity contribution in [2.24, 2.45) is 7.05 Å². The van der Waals surface area contributed by atoms with E-state index in [1.165, 1.54) is 0 Å². The lowest BCUT2D eigenvalue weighted by molar-refractivity contribution is 0.306. The highest BCUT2D eigenvalue weighted by Crippen LogP contribution is 2.27. The highest BCUT2D eigenvalue weighted by atomic mass is 35.5. The van der Waals surface area contributed by atoms with Crippen LogP contribution in [0.2, 0.25) is 5.02 Å². The fraction of sp³-hybridized carbons (Fsp3) is 0.188. The number of rotatable bonds is 4. The van der Waals surface area contributed by atoms with E-state index >= 15 is 0 Å². The molecule has 1 aromatic heterocycles. The molecule has 22 heavy (non-hydrogen) atoms. The van der Waals surface area contributed by atoms with E-state index in [0.717, 1.165) is 22.2 Å². The predicted octanol–water partition coefficient (Wildman–Crippen LogP) is 3.40. The first kappa shape index (κ1) is 14.5. The van der Waals surface area contributed by atoms with Crippen LogP contribution in [0.3, 0.4) is 0 Å². The van der Waals surface area contributed by atoms with Crippen molar-refractivity contribution >= 4 is 28.3 Å². The zero-order chi connectivity index (χ0) is 15.7. The van der Waals surface area contributed by atoms with Gasteiger partial charge in [-0.1, -0.05) is 17.7 Å². The average Bonchev–Trinajstić information content (AvgIpc) is 2.80. The molecule has 0 saturated heterocycles. The van der Waals surface area contributed by atoms with Gasteiger partial charge in [0, 0.05) is 18.5 Å². The van der Waals surface area contributed by atoms with Gasteiger partial charge in [-0.05, 0) is 29.8 Å². The van der Waals surface area contributed by atoms with Gasteiger partial charge in [0.15, 0.2) is 5.82 Å². The van der Waals surface area contributed by atoms with Crippen molar-refractivity contribution in [2.45, 2.75) is 6.61 Å². The molecule has 0 spiro atoms. The molecule has 0 aliphatic heterocycles. The zero-order valence-corrected chi connectivity index (χ0v) is 13.1. The van der Waals surface area contributed by atoms with Crippen LogP contribution >= 0.6 is 11.6 Å². The second kappa shape index (κ2) is 5.77. The van der Waals surface area contributed by atoms with Gasteiger partial charge in [-0.3, -0.25) is 4.68 Å². The molecule has 0 atom stereocenters. The first-order valence-corrected chi connectivity index (χ1v) is 7.13. The second-order valence-corrected chi connectivity index (χ2v) is 5.35. The van der Waals surface area contributed by atoms with Crippen molar-refractivity contribution in [3.8, 4) is 11.5 Å². The molecule has 3 aromatic rings. The van der Waals surface area contributed by atoms with Crippen molar-refractivity contribution in [2.75, 3.05) is 12.8 Å². The molecule has 2 N–H and O–H groups in total. The molecule has 0 fully saturated rings. The number of fused-ring (bicyclic) bond motifs is 1. The summed E-state index contributed by atoms with van der Waals surface area (Å²) in [7, 11) is 3.44. The van der Waals surface area contributed by atoms with Crippen LogP contribution in [0.15, 0.2) is 36.4 Å². The van der Waals surface area contributed by atoms with Gasteiger partial charge >= 0.3 is 0 Å². The van der Waals surface area contributed by atoms with Crippen molar-refractivity contribution in [3.05, 3.63) is 47.0 Å². The Balaban J connectivity index is 1.79. The molecular formula is C16H16ClN3O2. The maximum Gasteiger partial charge on any atom is 0.153 e. The van der Waals surface area contributed by atoms with Crippen LogP contribution in [-0.4, -0.2) is 16.9 Å². The number of halogens is 1. The lowest BCUT2D eigenvalue weighted by Crippen LogP contribution is -1.96. The lowest BCUT2D eigenvalue weighted by atomic mass is 10.2. The Hall–Kier alpha value is -2.40. The first-order chi connectivity index (χ1) is 10.6. The molecule has 0 unspecified atom stereocenters. The van der Waals surface area contributed by atoms with Crippen molar-refractivity contribution in [1.82, 2.24) is 9.78 Å². The number of ether oxygens (including phenoxy) is 2. The Morgan fingerprint density at radius 3 is 2.77 bits per heavy atom. The van der Waals surface area contributed by atoms with Gasteiger partial charge in [0.1, 0.15) is 18.1 Å². The molecule has 3 rings (SSSR count). The summed E-state index contributed by atoms with van der Waals surface area (Å²) >= 11 is 6.11. The average molecular weight is 318 g/mol. The maximum atomic E-state index is 6.11. The van der Waals surface area contributed by atoms with Crippen LogP contribution in [-0.2, 0) is 13.7 Å². The Morgan fingerprint density at radius 1 is 1.23 bits per heavy atom. The molecule has 6 heteroatoms. The topological polar surface area (TPSA) is 62.3 Å². The van der Waals surface area contributed by atoms with Crippen LogP contribution in [0.5, 0.6) is 11.5 Å². The fourth-order valence-corrected chi connectivity index (χ4v) is 2.60. The molecule has 0 aliphatic carbocycles. The number of hydrogen-bond donors (Lipinski definition) is 1. The minimum atomic E-state index is 0.419. The molecule has 114 valence electrons. The van der Waals surface area contributed by atoms with Crippen LogP contribution in [0.1, 0.15) is 5.56 Å². The maximum absolute atomic E-state index is 6.11. The summed E-state index contributed by atoms with van der Waals surface area (Å²) < 4.78 is 12.7. The third kappa shape index (κ3) is 2.67. The summed E-state index contributed by atoms with van der Waals surface area (Å²) in [6.45, 7) is 0.419. The minimum absolute atomic E-state index is 0.419. The van der Waals surface area contributed by atoms with E-state index in [0.29, 0.717) is 23.2 Å². The highest BCUT2D eigenvalue weighted by Gasteiger charge is 2.07. The summed E-state index contributed by atoms with van der Waals surface area (Å²) in [5.74, 6) is 1.92. The smallest absolute Gasteiger partial charge is 0.153 e. The van der Waals surface area contributed by atoms with Crippen molar-refractivity contribution in [1.29, 1.82) is 0 Å². The molecule has 0 aliphatic rings. The van der Waals surface area contributed by atoms with E-state index in [1.807, 2.05) is 43.4 Å². The Kier molecular flexibility index (Phi) is 3.81. The summed E-state index contributed by atoms with van der Waals surface area (Å²) in [6.07, 6.45) is 0. The summed E-state index contributed by atoms with van der Waals surface area (Å²) in [4.78, 5) is 0. The number of hydrogen-bond acceptors (Lipinski definition) is 4. The van der Waals surface area contributed by atoms with Crippen LogP contribution in [0.25, 0.3) is 10.9 Å².